The Hall–Kier alpha value is -1.14. The van der Waals surface area contributed by atoms with E-state index in [9.17, 15) is 4.79 Å². The Bertz CT molecular complexity index is 432. The number of likely N-dealkylation sites (N-methyl/N-ethyl adjacent to an activating group) is 1. The monoisotopic (exact) mass is 268 g/mol. The Morgan fingerprint density at radius 2 is 2.44 bits per heavy atom. The molecule has 0 saturated carbocycles. The molecule has 0 bridgehead atoms. The summed E-state index contributed by atoms with van der Waals surface area (Å²) in [5.41, 5.74) is 6.33. The number of nitrogen functional groups attached to an aromatic ring is 1. The van der Waals surface area contributed by atoms with Gasteiger partial charge in [-0.25, -0.2) is 4.98 Å². The summed E-state index contributed by atoms with van der Waals surface area (Å²) in [6, 6.07) is 0.244. The maximum atomic E-state index is 12.1. The van der Waals surface area contributed by atoms with Crippen molar-refractivity contribution in [1.29, 1.82) is 0 Å². The third-order valence-electron chi connectivity index (χ3n) is 3.31. The maximum Gasteiger partial charge on any atom is 0.263 e. The fourth-order valence-corrected chi connectivity index (χ4v) is 3.08. The van der Waals surface area contributed by atoms with Gasteiger partial charge in [-0.05, 0) is 32.9 Å². The topological polar surface area (TPSA) is 71.2 Å². The Balaban J connectivity index is 1.97. The van der Waals surface area contributed by atoms with Crippen molar-refractivity contribution in [2.45, 2.75) is 32.7 Å². The Morgan fingerprint density at radius 1 is 1.67 bits per heavy atom. The number of nitrogens with one attached hydrogen (secondary N) is 1. The van der Waals surface area contributed by atoms with Crippen molar-refractivity contribution in [2.75, 3.05) is 25.4 Å². The summed E-state index contributed by atoms with van der Waals surface area (Å²) in [6.07, 6.45) is 2.19. The number of aromatic nitrogens is 1. The van der Waals surface area contributed by atoms with Crippen LogP contribution in [0.2, 0.25) is 0 Å². The number of carbonyl (C=O) groups excluding carboxylic acids is 1. The van der Waals surface area contributed by atoms with E-state index in [2.05, 4.69) is 22.1 Å². The predicted octanol–water partition coefficient (Wildman–Crippen LogP) is 1.25. The molecule has 1 unspecified atom stereocenters. The van der Waals surface area contributed by atoms with Gasteiger partial charge in [0, 0.05) is 12.6 Å². The molecule has 0 spiro atoms. The normalized spacial score (nSPS) is 20.9. The molecule has 1 atom stereocenters. The molecule has 1 aliphatic rings. The first-order valence-corrected chi connectivity index (χ1v) is 7.18. The molecule has 100 valence electrons. The number of nitrogens with two attached hydrogens (primary N) is 1. The molecule has 5 nitrogen and oxygen atoms in total. The molecule has 2 rings (SSSR count). The minimum atomic E-state index is -0.0374. The lowest BCUT2D eigenvalue weighted by atomic mass is 10.1. The first-order chi connectivity index (χ1) is 8.60. The van der Waals surface area contributed by atoms with E-state index in [0.29, 0.717) is 10.0 Å². The van der Waals surface area contributed by atoms with Crippen LogP contribution in [0.25, 0.3) is 0 Å². The van der Waals surface area contributed by atoms with E-state index >= 15 is 0 Å². The molecule has 1 aromatic rings. The minimum absolute atomic E-state index is 0.0374. The SMILES string of the molecule is CCN1CCCC(NC(=O)c2sc(N)nc2C)C1. The summed E-state index contributed by atoms with van der Waals surface area (Å²) in [5, 5.41) is 3.54. The molecule has 1 aromatic heterocycles. The molecule has 18 heavy (non-hydrogen) atoms. The number of aryl methyl sites for hydroxylation is 1. The lowest BCUT2D eigenvalue weighted by Crippen LogP contribution is -2.47. The van der Waals surface area contributed by atoms with Crippen molar-refractivity contribution in [3.8, 4) is 0 Å². The van der Waals surface area contributed by atoms with E-state index < -0.39 is 0 Å². The number of rotatable bonds is 3. The molecule has 0 radical (unpaired) electrons. The number of hydrogen-bond donors (Lipinski definition) is 2. The summed E-state index contributed by atoms with van der Waals surface area (Å²) in [7, 11) is 0. The highest BCUT2D eigenvalue weighted by atomic mass is 32.1. The Morgan fingerprint density at radius 3 is 3.06 bits per heavy atom. The zero-order chi connectivity index (χ0) is 13.1. The zero-order valence-corrected chi connectivity index (χ0v) is 11.7. The van der Waals surface area contributed by atoms with Crippen LogP contribution in [0.1, 0.15) is 35.1 Å². The second kappa shape index (κ2) is 5.67. The molecule has 3 N–H and O–H groups in total. The smallest absolute Gasteiger partial charge is 0.263 e. The first-order valence-electron chi connectivity index (χ1n) is 6.36. The van der Waals surface area contributed by atoms with Crippen molar-refractivity contribution in [2.24, 2.45) is 0 Å². The van der Waals surface area contributed by atoms with Gasteiger partial charge in [-0.2, -0.15) is 0 Å². The highest BCUT2D eigenvalue weighted by Gasteiger charge is 2.22. The third-order valence-corrected chi connectivity index (χ3v) is 4.29. The number of amides is 1. The predicted molar refractivity (Wildman–Crippen MR) is 73.9 cm³/mol. The number of carbonyl (C=O) groups is 1. The second-order valence-corrected chi connectivity index (χ2v) is 5.70. The van der Waals surface area contributed by atoms with Crippen molar-refractivity contribution < 1.29 is 4.79 Å². The van der Waals surface area contributed by atoms with Crippen LogP contribution in [0.5, 0.6) is 0 Å². The van der Waals surface area contributed by atoms with E-state index in [4.69, 9.17) is 5.73 Å². The highest BCUT2D eigenvalue weighted by Crippen LogP contribution is 2.20. The molecular formula is C12H20N4OS. The quantitative estimate of drug-likeness (QED) is 0.865. The Labute approximate surface area is 111 Å². The van der Waals surface area contributed by atoms with Crippen molar-refractivity contribution in [3.63, 3.8) is 0 Å². The van der Waals surface area contributed by atoms with E-state index in [0.717, 1.165) is 38.2 Å². The van der Waals surface area contributed by atoms with Gasteiger partial charge in [0.2, 0.25) is 0 Å². The number of thiazole rings is 1. The van der Waals surface area contributed by atoms with E-state index in [1.165, 1.54) is 11.3 Å². The molecule has 6 heteroatoms. The minimum Gasteiger partial charge on any atom is -0.375 e. The van der Waals surface area contributed by atoms with Crippen LogP contribution < -0.4 is 11.1 Å². The lowest BCUT2D eigenvalue weighted by Gasteiger charge is -2.32. The number of likely N-dealkylation sites (tertiary alicyclic amines) is 1. The van der Waals surface area contributed by atoms with Gasteiger partial charge in [0.25, 0.3) is 5.91 Å². The first kappa shape index (κ1) is 13.3. The van der Waals surface area contributed by atoms with Gasteiger partial charge in [0.05, 0.1) is 5.69 Å². The van der Waals surface area contributed by atoms with E-state index in [1.54, 1.807) is 0 Å². The van der Waals surface area contributed by atoms with Crippen LogP contribution in [0.3, 0.4) is 0 Å². The van der Waals surface area contributed by atoms with Crippen LogP contribution in [0.4, 0.5) is 5.13 Å². The summed E-state index contributed by atoms with van der Waals surface area (Å²) in [4.78, 5) is 19.2. The zero-order valence-electron chi connectivity index (χ0n) is 10.9. The summed E-state index contributed by atoms with van der Waals surface area (Å²) >= 11 is 1.26. The number of hydrogen-bond acceptors (Lipinski definition) is 5. The molecule has 0 aliphatic carbocycles. The van der Waals surface area contributed by atoms with Crippen molar-refractivity contribution in [1.82, 2.24) is 15.2 Å². The molecule has 2 heterocycles. The maximum absolute atomic E-state index is 12.1. The van der Waals surface area contributed by atoms with Gasteiger partial charge in [-0.15, -0.1) is 0 Å². The van der Waals surface area contributed by atoms with Crippen LogP contribution in [0, 0.1) is 6.92 Å². The number of piperidine rings is 1. The fraction of sp³-hybridized carbons (Fsp3) is 0.667. The average Bonchev–Trinajstić information content (AvgIpc) is 2.69. The third kappa shape index (κ3) is 3.00. The largest absolute Gasteiger partial charge is 0.375 e. The standard InChI is InChI=1S/C12H20N4OS/c1-3-16-6-4-5-9(7-16)15-11(17)10-8(2)14-12(13)18-10/h9H,3-7H2,1-2H3,(H2,13,14)(H,15,17). The summed E-state index contributed by atoms with van der Waals surface area (Å²) in [5.74, 6) is -0.0374. The molecule has 1 aliphatic heterocycles. The lowest BCUT2D eigenvalue weighted by molar-refractivity contribution is 0.0909. The van der Waals surface area contributed by atoms with Gasteiger partial charge in [0.1, 0.15) is 4.88 Å². The van der Waals surface area contributed by atoms with Gasteiger partial charge in [-0.1, -0.05) is 18.3 Å². The number of anilines is 1. The average molecular weight is 268 g/mol. The van der Waals surface area contributed by atoms with Gasteiger partial charge in [0.15, 0.2) is 5.13 Å². The number of nitrogens with zero attached hydrogens (tertiary/aromatic N) is 2. The van der Waals surface area contributed by atoms with Gasteiger partial charge >= 0.3 is 0 Å². The summed E-state index contributed by atoms with van der Waals surface area (Å²) < 4.78 is 0. The molecule has 1 saturated heterocycles. The van der Waals surface area contributed by atoms with Crippen LogP contribution in [-0.4, -0.2) is 41.5 Å². The van der Waals surface area contributed by atoms with Crippen LogP contribution in [-0.2, 0) is 0 Å². The highest BCUT2D eigenvalue weighted by molar-refractivity contribution is 7.17. The van der Waals surface area contributed by atoms with Gasteiger partial charge < -0.3 is 16.0 Å². The molecule has 0 aromatic carbocycles. The second-order valence-electron chi connectivity index (χ2n) is 4.67. The van der Waals surface area contributed by atoms with E-state index in [1.807, 2.05) is 6.92 Å². The Kier molecular flexibility index (Phi) is 4.19. The molecular weight excluding hydrogens is 248 g/mol. The van der Waals surface area contributed by atoms with E-state index in [-0.39, 0.29) is 11.9 Å². The molecule has 1 fully saturated rings. The van der Waals surface area contributed by atoms with Crippen molar-refractivity contribution in [3.05, 3.63) is 10.6 Å². The summed E-state index contributed by atoms with van der Waals surface area (Å²) in [6.45, 7) is 7.09. The van der Waals surface area contributed by atoms with Crippen LogP contribution in [0.15, 0.2) is 0 Å². The van der Waals surface area contributed by atoms with Gasteiger partial charge in [-0.3, -0.25) is 4.79 Å². The van der Waals surface area contributed by atoms with Crippen molar-refractivity contribution >= 4 is 22.4 Å². The van der Waals surface area contributed by atoms with Crippen LogP contribution >= 0.6 is 11.3 Å². The fourth-order valence-electron chi connectivity index (χ4n) is 2.34. The molecule has 1 amide bonds.